The van der Waals surface area contributed by atoms with Crippen LogP contribution in [0.15, 0.2) is 53.4 Å². The Hall–Kier alpha value is -2.26. The second kappa shape index (κ2) is 7.05. The first-order valence-corrected chi connectivity index (χ1v) is 10.1. The van der Waals surface area contributed by atoms with E-state index < -0.39 is 10.4 Å². The first kappa shape index (κ1) is 18.1. The summed E-state index contributed by atoms with van der Waals surface area (Å²) in [6.07, 6.45) is 0. The standard InChI is InChI=1S/C18H17ClN4O3S/c1-26-15-3-2-4-16(11-15)27(24,25)22-9-10-23-17(12-22)20-21-18(23)13-5-7-14(19)8-6-13/h2-8,11H,9-10,12H2,1H3. The lowest BCUT2D eigenvalue weighted by molar-refractivity contribution is 0.302. The topological polar surface area (TPSA) is 83.3 Å². The summed E-state index contributed by atoms with van der Waals surface area (Å²) in [5, 5.41) is 9.08. The second-order valence-corrected chi connectivity index (χ2v) is 8.49. The Morgan fingerprint density at radius 2 is 1.93 bits per heavy atom. The molecule has 1 aliphatic rings. The minimum absolute atomic E-state index is 0.167. The average Bonchev–Trinajstić information content (AvgIpc) is 3.12. The van der Waals surface area contributed by atoms with Crippen LogP contribution < -0.4 is 4.74 Å². The van der Waals surface area contributed by atoms with Gasteiger partial charge < -0.3 is 13.9 Å². The lowest BCUT2D eigenvalue weighted by atomic mass is 10.2. The van der Waals surface area contributed by atoms with Crippen molar-refractivity contribution in [3.8, 4) is 17.1 Å². The Labute approximate surface area is 162 Å². The molecule has 4 rings (SSSR count). The Balaban J connectivity index is 1.62. The second-order valence-electron chi connectivity index (χ2n) is 6.12. The average molecular weight is 405 g/mol. The van der Waals surface area contributed by atoms with Crippen molar-refractivity contribution < 1.29 is 13.5 Å². The van der Waals surface area contributed by atoms with E-state index in [0.717, 1.165) is 5.56 Å². The molecular formula is C18H17ClN4O3S. The number of rotatable bonds is 4. The number of ether oxygens (including phenoxy) is 1. The van der Waals surface area contributed by atoms with Crippen LogP contribution in [0, 0.1) is 0 Å². The number of sulfonamides is 1. The molecule has 1 unspecified atom stereocenters. The monoisotopic (exact) mass is 404 g/mol. The van der Waals surface area contributed by atoms with Crippen molar-refractivity contribution in [2.75, 3.05) is 13.7 Å². The highest BCUT2D eigenvalue weighted by atomic mass is 35.5. The van der Waals surface area contributed by atoms with Crippen LogP contribution in [0.4, 0.5) is 0 Å². The van der Waals surface area contributed by atoms with E-state index in [2.05, 4.69) is 10.2 Å². The van der Waals surface area contributed by atoms with Crippen molar-refractivity contribution in [1.82, 2.24) is 19.1 Å². The molecular weight excluding hydrogens is 388 g/mol. The van der Waals surface area contributed by atoms with Gasteiger partial charge in [-0.2, -0.15) is 0 Å². The van der Waals surface area contributed by atoms with E-state index in [9.17, 15) is 8.76 Å². The number of hydrogen-bond donors (Lipinski definition) is 0. The summed E-state index contributed by atoms with van der Waals surface area (Å²) in [5.41, 5.74) is 0.891. The molecule has 0 aliphatic carbocycles. The molecule has 0 radical (unpaired) electrons. The molecule has 7 nitrogen and oxygen atoms in total. The van der Waals surface area contributed by atoms with Crippen molar-refractivity contribution in [2.45, 2.75) is 18.0 Å². The van der Waals surface area contributed by atoms with Gasteiger partial charge in [0.05, 0.1) is 13.7 Å². The third-order valence-corrected chi connectivity index (χ3v) is 6.59. The maximum absolute atomic E-state index is 13.0. The molecule has 2 heterocycles. The Morgan fingerprint density at radius 3 is 2.67 bits per heavy atom. The van der Waals surface area contributed by atoms with Crippen molar-refractivity contribution in [1.29, 1.82) is 0 Å². The quantitative estimate of drug-likeness (QED) is 0.624. The first-order valence-electron chi connectivity index (χ1n) is 8.31. The van der Waals surface area contributed by atoms with Gasteiger partial charge in [0.25, 0.3) is 0 Å². The molecule has 27 heavy (non-hydrogen) atoms. The highest BCUT2D eigenvalue weighted by Crippen LogP contribution is 2.29. The molecule has 2 aromatic carbocycles. The van der Waals surface area contributed by atoms with E-state index in [1.807, 2.05) is 16.7 Å². The van der Waals surface area contributed by atoms with Crippen LogP contribution in [0.5, 0.6) is 5.75 Å². The summed E-state index contributed by atoms with van der Waals surface area (Å²) in [7, 11) is -2.14. The number of methoxy groups -OCH3 is 1. The Bertz CT molecular complexity index is 1020. The van der Waals surface area contributed by atoms with Gasteiger partial charge >= 0.3 is 0 Å². The third kappa shape index (κ3) is 3.37. The summed E-state index contributed by atoms with van der Waals surface area (Å²) in [6.45, 7) is 0.981. The fraction of sp³-hybridized carbons (Fsp3) is 0.222. The zero-order valence-electron chi connectivity index (χ0n) is 14.5. The van der Waals surface area contributed by atoms with Gasteiger partial charge in [-0.05, 0) is 36.4 Å². The Morgan fingerprint density at radius 1 is 1.15 bits per heavy atom. The van der Waals surface area contributed by atoms with E-state index >= 15 is 0 Å². The molecule has 3 aromatic rings. The van der Waals surface area contributed by atoms with Crippen LogP contribution in [0.2, 0.25) is 5.02 Å². The van der Waals surface area contributed by atoms with E-state index in [4.69, 9.17) is 16.3 Å². The normalized spacial score (nSPS) is 16.6. The van der Waals surface area contributed by atoms with Crippen LogP contribution in [-0.2, 0) is 27.7 Å². The number of aromatic nitrogens is 3. The third-order valence-electron chi connectivity index (χ3n) is 4.50. The summed E-state index contributed by atoms with van der Waals surface area (Å²) >= 11 is 5.94. The van der Waals surface area contributed by atoms with Gasteiger partial charge in [0.2, 0.25) is 0 Å². The molecule has 0 saturated carbocycles. The highest BCUT2D eigenvalue weighted by Gasteiger charge is 2.35. The predicted octanol–water partition coefficient (Wildman–Crippen LogP) is 3.03. The van der Waals surface area contributed by atoms with E-state index in [-0.39, 0.29) is 11.4 Å². The lowest BCUT2D eigenvalue weighted by Crippen LogP contribution is -2.42. The SMILES string of the molecule is COc1cccc([S+](=O)([O-])N2CCn3c(nnc3-c3ccc(Cl)cc3)C2)c1. The molecule has 0 spiro atoms. The van der Waals surface area contributed by atoms with Crippen LogP contribution in [0.25, 0.3) is 11.4 Å². The molecule has 1 atom stereocenters. The predicted molar refractivity (Wildman–Crippen MR) is 101 cm³/mol. The van der Waals surface area contributed by atoms with Crippen LogP contribution in [-0.4, -0.2) is 37.3 Å². The van der Waals surface area contributed by atoms with E-state index in [1.165, 1.54) is 17.5 Å². The molecule has 1 aromatic heterocycles. The highest BCUT2D eigenvalue weighted by molar-refractivity contribution is 7.95. The molecule has 0 N–H and O–H groups in total. The minimum Gasteiger partial charge on any atom is -0.593 e. The number of nitrogens with zero attached hydrogens (tertiary/aromatic N) is 4. The zero-order valence-corrected chi connectivity index (χ0v) is 16.1. The van der Waals surface area contributed by atoms with Crippen molar-refractivity contribution in [3.05, 3.63) is 59.4 Å². The molecule has 0 amide bonds. The number of fused-ring (bicyclic) bond motifs is 1. The van der Waals surface area contributed by atoms with Crippen molar-refractivity contribution in [2.24, 2.45) is 0 Å². The van der Waals surface area contributed by atoms with Crippen molar-refractivity contribution >= 4 is 22.0 Å². The smallest absolute Gasteiger partial charge is 0.179 e. The van der Waals surface area contributed by atoms with Crippen molar-refractivity contribution in [3.63, 3.8) is 0 Å². The number of benzene rings is 2. The minimum atomic E-state index is -3.64. The van der Waals surface area contributed by atoms with Gasteiger partial charge in [-0.15, -0.1) is 14.5 Å². The fourth-order valence-corrected chi connectivity index (χ4v) is 4.61. The van der Waals surface area contributed by atoms with Gasteiger partial charge in [0.15, 0.2) is 26.9 Å². The summed E-state index contributed by atoms with van der Waals surface area (Å²) < 4.78 is 34.5. The van der Waals surface area contributed by atoms with Crippen LogP contribution in [0.3, 0.4) is 0 Å². The van der Waals surface area contributed by atoms with Crippen LogP contribution >= 0.6 is 11.6 Å². The first-order chi connectivity index (χ1) is 13.0. The fourth-order valence-electron chi connectivity index (χ4n) is 3.06. The van der Waals surface area contributed by atoms with Crippen LogP contribution in [0.1, 0.15) is 5.82 Å². The molecule has 0 fully saturated rings. The zero-order chi connectivity index (χ0) is 19.0. The maximum atomic E-state index is 13.0. The Kier molecular flexibility index (Phi) is 4.73. The van der Waals surface area contributed by atoms with Gasteiger partial charge in [-0.25, -0.2) is 0 Å². The van der Waals surface area contributed by atoms with Gasteiger partial charge in [0, 0.05) is 23.2 Å². The van der Waals surface area contributed by atoms with Gasteiger partial charge in [-0.3, -0.25) is 0 Å². The molecule has 0 bridgehead atoms. The number of hydrogen-bond acceptors (Lipinski definition) is 5. The lowest BCUT2D eigenvalue weighted by Gasteiger charge is -2.30. The van der Waals surface area contributed by atoms with Gasteiger partial charge in [0.1, 0.15) is 12.3 Å². The molecule has 140 valence electrons. The summed E-state index contributed by atoms with van der Waals surface area (Å²) in [4.78, 5) is 0.202. The number of halogens is 1. The molecule has 1 aliphatic heterocycles. The molecule has 9 heteroatoms. The summed E-state index contributed by atoms with van der Waals surface area (Å²) in [6, 6.07) is 13.8. The van der Waals surface area contributed by atoms with E-state index in [1.54, 1.807) is 30.3 Å². The summed E-state index contributed by atoms with van der Waals surface area (Å²) in [5.74, 6) is 1.82. The maximum Gasteiger partial charge on any atom is 0.179 e. The molecule has 0 saturated heterocycles. The van der Waals surface area contributed by atoms with E-state index in [0.29, 0.717) is 35.5 Å². The van der Waals surface area contributed by atoms with Gasteiger partial charge in [-0.1, -0.05) is 21.9 Å². The largest absolute Gasteiger partial charge is 0.593 e.